The quantitative estimate of drug-likeness (QED) is 0.241. The lowest BCUT2D eigenvalue weighted by Crippen LogP contribution is -2.58. The number of benzene rings is 1. The minimum absolute atomic E-state index is 0.0264. The van der Waals surface area contributed by atoms with Gasteiger partial charge >= 0.3 is 5.97 Å². The molecule has 1 aromatic carbocycles. The summed E-state index contributed by atoms with van der Waals surface area (Å²) in [5.74, 6) is 5.78. The van der Waals surface area contributed by atoms with Gasteiger partial charge in [-0.3, -0.25) is 14.5 Å². The predicted molar refractivity (Wildman–Crippen MR) is 160 cm³/mol. The number of likely N-dealkylation sites (tertiary alicyclic amines) is 1. The van der Waals surface area contributed by atoms with Crippen molar-refractivity contribution in [3.8, 4) is 11.8 Å². The van der Waals surface area contributed by atoms with Gasteiger partial charge in [0.1, 0.15) is 11.3 Å². The number of rotatable bonds is 9. The fraction of sp³-hybridized carbons (Fsp3) is 0.594. The normalized spacial score (nSPS) is 17.2. The average molecular weight is 582 g/mol. The van der Waals surface area contributed by atoms with Crippen LogP contribution >= 0.6 is 11.3 Å². The lowest BCUT2D eigenvalue weighted by atomic mass is 9.89. The van der Waals surface area contributed by atoms with Gasteiger partial charge < -0.3 is 19.1 Å². The second-order valence-corrected chi connectivity index (χ2v) is 12.6. The molecule has 0 aliphatic carbocycles. The first kappa shape index (κ1) is 31.2. The zero-order chi connectivity index (χ0) is 29.3. The highest BCUT2D eigenvalue weighted by Gasteiger charge is 2.41. The number of ether oxygens (including phenoxy) is 3. The first-order valence-corrected chi connectivity index (χ1v) is 15.5. The van der Waals surface area contributed by atoms with Crippen LogP contribution < -0.4 is 0 Å². The van der Waals surface area contributed by atoms with E-state index in [0.29, 0.717) is 43.6 Å². The number of piperidine rings is 1. The summed E-state index contributed by atoms with van der Waals surface area (Å²) in [6.07, 6.45) is 3.63. The second kappa shape index (κ2) is 14.4. The van der Waals surface area contributed by atoms with E-state index in [1.54, 1.807) is 0 Å². The Kier molecular flexibility index (Phi) is 11.0. The Morgan fingerprint density at radius 1 is 1.15 bits per heavy atom. The maximum atomic E-state index is 13.2. The number of nitrogens with zero attached hydrogens (tertiary/aromatic N) is 3. The number of morpholine rings is 1. The summed E-state index contributed by atoms with van der Waals surface area (Å²) in [5, 5.41) is 2.51. The van der Waals surface area contributed by atoms with E-state index in [-0.39, 0.29) is 23.9 Å². The number of carbonyl (C=O) groups excluding carboxylic acids is 2. The highest BCUT2D eigenvalue weighted by atomic mass is 32.1. The molecule has 0 unspecified atom stereocenters. The fourth-order valence-corrected chi connectivity index (χ4v) is 5.84. The molecule has 1 amide bonds. The molecule has 2 aliphatic rings. The minimum Gasteiger partial charge on any atom is -0.460 e. The summed E-state index contributed by atoms with van der Waals surface area (Å²) in [5.41, 5.74) is 2.23. The van der Waals surface area contributed by atoms with Gasteiger partial charge in [0, 0.05) is 38.0 Å². The van der Waals surface area contributed by atoms with Gasteiger partial charge in [-0.2, -0.15) is 0 Å². The maximum Gasteiger partial charge on any atom is 0.308 e. The number of amides is 1. The van der Waals surface area contributed by atoms with E-state index in [2.05, 4.69) is 46.0 Å². The van der Waals surface area contributed by atoms with Gasteiger partial charge in [0.15, 0.2) is 5.01 Å². The topological polar surface area (TPSA) is 81.2 Å². The number of hydrogen-bond donors (Lipinski definition) is 0. The molecule has 0 bridgehead atoms. The molecular formula is C32H43N3O5S. The molecule has 3 heterocycles. The molecule has 2 aliphatic heterocycles. The lowest BCUT2D eigenvalue weighted by molar-refractivity contribution is -0.156. The van der Waals surface area contributed by atoms with Crippen LogP contribution in [0.2, 0.25) is 0 Å². The van der Waals surface area contributed by atoms with E-state index in [0.717, 1.165) is 45.3 Å². The van der Waals surface area contributed by atoms with E-state index in [1.807, 2.05) is 38.0 Å². The Hall–Kier alpha value is -2.77. The van der Waals surface area contributed by atoms with E-state index >= 15 is 0 Å². The molecule has 2 aromatic rings. The van der Waals surface area contributed by atoms with Crippen molar-refractivity contribution in [2.24, 2.45) is 0 Å². The van der Waals surface area contributed by atoms with Crippen LogP contribution in [0.25, 0.3) is 0 Å². The van der Waals surface area contributed by atoms with Gasteiger partial charge in [-0.1, -0.05) is 37.1 Å². The zero-order valence-electron chi connectivity index (χ0n) is 24.9. The number of thiazole rings is 1. The van der Waals surface area contributed by atoms with Crippen LogP contribution in [-0.4, -0.2) is 83.9 Å². The summed E-state index contributed by atoms with van der Waals surface area (Å²) in [7, 11) is 0. The molecule has 1 spiro atoms. The Labute approximate surface area is 248 Å². The SMILES string of the molecule is CCC#Cc1nc(C(=O)N2CCOC3(CCN(Cc4cccc(CCOCCC(=O)OC(C)(C)C)c4)CC3)C2)cs1. The number of aromatic nitrogens is 1. The van der Waals surface area contributed by atoms with Crippen molar-refractivity contribution in [2.75, 3.05) is 46.0 Å². The first-order chi connectivity index (χ1) is 19.6. The molecule has 2 saturated heterocycles. The highest BCUT2D eigenvalue weighted by Crippen LogP contribution is 2.31. The van der Waals surface area contributed by atoms with Gasteiger partial charge in [-0.25, -0.2) is 4.98 Å². The zero-order valence-corrected chi connectivity index (χ0v) is 25.7. The molecule has 4 rings (SSSR count). The molecule has 1 aromatic heterocycles. The Bertz CT molecular complexity index is 1230. The largest absolute Gasteiger partial charge is 0.460 e. The van der Waals surface area contributed by atoms with Gasteiger partial charge in [-0.15, -0.1) is 11.3 Å². The van der Waals surface area contributed by atoms with Crippen LogP contribution in [0.5, 0.6) is 0 Å². The second-order valence-electron chi connectivity index (χ2n) is 11.7. The van der Waals surface area contributed by atoms with Crippen LogP contribution in [0.4, 0.5) is 0 Å². The van der Waals surface area contributed by atoms with Crippen molar-refractivity contribution in [3.63, 3.8) is 0 Å². The Morgan fingerprint density at radius 3 is 2.68 bits per heavy atom. The van der Waals surface area contributed by atoms with Gasteiger partial charge in [0.2, 0.25) is 0 Å². The standard InChI is InChI=1S/C32H43N3O5S/c1-5-6-10-28-33-27(23-41-28)30(37)35-17-20-39-32(24-35)13-15-34(16-14-32)22-26-9-7-8-25(21-26)11-18-38-19-12-29(36)40-31(2,3)4/h7-9,21,23H,5,11-20,22,24H2,1-4H3. The van der Waals surface area contributed by atoms with E-state index < -0.39 is 5.60 Å². The molecule has 0 saturated carbocycles. The fourth-order valence-electron chi connectivity index (χ4n) is 5.18. The summed E-state index contributed by atoms with van der Waals surface area (Å²) >= 11 is 1.43. The third-order valence-corrected chi connectivity index (χ3v) is 7.96. The number of carbonyl (C=O) groups is 2. The van der Waals surface area contributed by atoms with Crippen LogP contribution in [0, 0.1) is 11.8 Å². The van der Waals surface area contributed by atoms with E-state index in [4.69, 9.17) is 14.2 Å². The van der Waals surface area contributed by atoms with Crippen LogP contribution in [0.15, 0.2) is 29.6 Å². The number of hydrogen-bond acceptors (Lipinski definition) is 8. The summed E-state index contributed by atoms with van der Waals surface area (Å²) in [4.78, 5) is 33.8. The van der Waals surface area contributed by atoms with Gasteiger partial charge in [-0.05, 0) is 57.1 Å². The number of esters is 1. The smallest absolute Gasteiger partial charge is 0.308 e. The summed E-state index contributed by atoms with van der Waals surface area (Å²) < 4.78 is 17.3. The molecule has 41 heavy (non-hydrogen) atoms. The van der Waals surface area contributed by atoms with Crippen molar-refractivity contribution in [1.29, 1.82) is 0 Å². The lowest BCUT2D eigenvalue weighted by Gasteiger charge is -2.47. The minimum atomic E-state index is -0.467. The third kappa shape index (κ3) is 9.64. The third-order valence-electron chi connectivity index (χ3n) is 7.20. The van der Waals surface area contributed by atoms with Crippen LogP contribution in [-0.2, 0) is 32.0 Å². The van der Waals surface area contributed by atoms with E-state index in [9.17, 15) is 9.59 Å². The average Bonchev–Trinajstić information content (AvgIpc) is 3.41. The molecule has 9 heteroatoms. The van der Waals surface area contributed by atoms with Crippen LogP contribution in [0.3, 0.4) is 0 Å². The van der Waals surface area contributed by atoms with Crippen molar-refractivity contribution < 1.29 is 23.8 Å². The molecule has 0 atom stereocenters. The van der Waals surface area contributed by atoms with Crippen molar-refractivity contribution >= 4 is 23.2 Å². The van der Waals surface area contributed by atoms with E-state index in [1.165, 1.54) is 22.5 Å². The monoisotopic (exact) mass is 581 g/mol. The summed E-state index contributed by atoms with van der Waals surface area (Å²) in [6, 6.07) is 8.63. The highest BCUT2D eigenvalue weighted by molar-refractivity contribution is 7.10. The Morgan fingerprint density at radius 2 is 1.93 bits per heavy atom. The molecule has 2 fully saturated rings. The summed E-state index contributed by atoms with van der Waals surface area (Å²) in [6.45, 7) is 13.0. The van der Waals surface area contributed by atoms with Crippen LogP contribution in [0.1, 0.15) is 80.0 Å². The van der Waals surface area contributed by atoms with Gasteiger partial charge in [0.05, 0.1) is 38.4 Å². The van der Waals surface area contributed by atoms with Crippen molar-refractivity contribution in [3.05, 3.63) is 51.5 Å². The Balaban J connectivity index is 1.21. The maximum absolute atomic E-state index is 13.2. The predicted octanol–water partition coefficient (Wildman–Crippen LogP) is 4.70. The molecule has 0 N–H and O–H groups in total. The molecule has 222 valence electrons. The first-order valence-electron chi connectivity index (χ1n) is 14.6. The molecule has 8 nitrogen and oxygen atoms in total. The van der Waals surface area contributed by atoms with Gasteiger partial charge in [0.25, 0.3) is 5.91 Å². The molecular weight excluding hydrogens is 538 g/mol. The van der Waals surface area contributed by atoms with Crippen molar-refractivity contribution in [1.82, 2.24) is 14.8 Å². The molecule has 0 radical (unpaired) electrons. The van der Waals surface area contributed by atoms with Crippen molar-refractivity contribution in [2.45, 2.75) is 77.5 Å².